The van der Waals surface area contributed by atoms with Crippen molar-refractivity contribution in [3.8, 4) is 11.5 Å². The molecule has 0 unspecified atom stereocenters. The van der Waals surface area contributed by atoms with E-state index in [-0.39, 0.29) is 0 Å². The number of pyridine rings is 1. The molecule has 1 aliphatic carbocycles. The summed E-state index contributed by atoms with van der Waals surface area (Å²) in [4.78, 5) is 12.2. The van der Waals surface area contributed by atoms with Gasteiger partial charge >= 0.3 is 0 Å². The first-order valence-corrected chi connectivity index (χ1v) is 6.18. The van der Waals surface area contributed by atoms with Crippen LogP contribution in [0.4, 0.5) is 0 Å². The lowest BCUT2D eigenvalue weighted by Crippen LogP contribution is -1.97. The van der Waals surface area contributed by atoms with Crippen molar-refractivity contribution >= 4 is 12.2 Å². The van der Waals surface area contributed by atoms with Crippen LogP contribution in [0.1, 0.15) is 30.1 Å². The monoisotopic (exact) mass is 243 g/mol. The Bertz CT molecular complexity index is 614. The molecule has 1 fully saturated rings. The zero-order valence-corrected chi connectivity index (χ0v) is 10.4. The van der Waals surface area contributed by atoms with Crippen LogP contribution < -0.4 is 0 Å². The number of H-pyrrole nitrogens is 1. The van der Waals surface area contributed by atoms with E-state index in [4.69, 9.17) is 12.2 Å². The van der Waals surface area contributed by atoms with Crippen molar-refractivity contribution in [1.29, 1.82) is 0 Å². The van der Waals surface area contributed by atoms with E-state index < -0.39 is 0 Å². The van der Waals surface area contributed by atoms with Gasteiger partial charge in [-0.25, -0.2) is 9.97 Å². The molecule has 3 rings (SSSR count). The molecule has 2 aromatic rings. The van der Waals surface area contributed by atoms with Crippen LogP contribution in [-0.2, 0) is 0 Å². The van der Waals surface area contributed by atoms with Gasteiger partial charge in [0.05, 0.1) is 0 Å². The van der Waals surface area contributed by atoms with E-state index in [1.807, 2.05) is 31.2 Å². The third kappa shape index (κ3) is 2.26. The fraction of sp³-hybridized carbons (Fsp3) is 0.308. The molecule has 1 N–H and O–H groups in total. The maximum Gasteiger partial charge on any atom is 0.157 e. The highest BCUT2D eigenvalue weighted by molar-refractivity contribution is 7.71. The second-order valence-corrected chi connectivity index (χ2v) is 4.88. The van der Waals surface area contributed by atoms with Crippen molar-refractivity contribution in [1.82, 2.24) is 15.0 Å². The predicted octanol–water partition coefficient (Wildman–Crippen LogP) is 3.39. The van der Waals surface area contributed by atoms with Crippen LogP contribution in [0.15, 0.2) is 24.3 Å². The van der Waals surface area contributed by atoms with E-state index in [9.17, 15) is 0 Å². The second-order valence-electron chi connectivity index (χ2n) is 4.46. The lowest BCUT2D eigenvalue weighted by atomic mass is 10.2. The quantitative estimate of drug-likeness (QED) is 0.822. The number of hydrogen-bond acceptors (Lipinski definition) is 3. The minimum Gasteiger partial charge on any atom is -0.342 e. The van der Waals surface area contributed by atoms with E-state index >= 15 is 0 Å². The van der Waals surface area contributed by atoms with Gasteiger partial charge in [0.1, 0.15) is 10.3 Å². The van der Waals surface area contributed by atoms with E-state index in [1.165, 1.54) is 18.5 Å². The van der Waals surface area contributed by atoms with Gasteiger partial charge in [-0.15, -0.1) is 0 Å². The molecule has 0 saturated heterocycles. The van der Waals surface area contributed by atoms with Gasteiger partial charge in [-0.2, -0.15) is 0 Å². The average molecular weight is 243 g/mol. The molecule has 2 aromatic heterocycles. The largest absolute Gasteiger partial charge is 0.342 e. The molecule has 0 radical (unpaired) electrons. The summed E-state index contributed by atoms with van der Waals surface area (Å²) in [5.74, 6) is 1.42. The van der Waals surface area contributed by atoms with Crippen molar-refractivity contribution in [3.63, 3.8) is 0 Å². The molecule has 0 bridgehead atoms. The van der Waals surface area contributed by atoms with Crippen LogP contribution >= 0.6 is 12.2 Å². The van der Waals surface area contributed by atoms with Gasteiger partial charge in [-0.3, -0.25) is 0 Å². The highest BCUT2D eigenvalue weighted by Gasteiger charge is 2.24. The van der Waals surface area contributed by atoms with Gasteiger partial charge in [0, 0.05) is 11.4 Å². The molecular formula is C13H13N3S. The molecule has 4 heteroatoms. The molecule has 2 heterocycles. The lowest BCUT2D eigenvalue weighted by molar-refractivity contribution is 0.979. The van der Waals surface area contributed by atoms with Crippen LogP contribution in [0.2, 0.25) is 0 Å². The Morgan fingerprint density at radius 3 is 2.82 bits per heavy atom. The third-order valence-corrected chi connectivity index (χ3v) is 3.12. The van der Waals surface area contributed by atoms with Gasteiger partial charge in [0.2, 0.25) is 0 Å². The Labute approximate surface area is 105 Å². The molecular weight excluding hydrogens is 230 g/mol. The minimum atomic E-state index is 0.642. The van der Waals surface area contributed by atoms with Crippen molar-refractivity contribution in [2.75, 3.05) is 0 Å². The number of nitrogens with zero attached hydrogens (tertiary/aromatic N) is 2. The summed E-state index contributed by atoms with van der Waals surface area (Å²) in [6.45, 7) is 1.98. The minimum absolute atomic E-state index is 0.642. The van der Waals surface area contributed by atoms with Crippen LogP contribution in [0.5, 0.6) is 0 Å². The molecule has 0 amide bonds. The maximum atomic E-state index is 5.21. The Balaban J connectivity index is 2.10. The molecule has 1 saturated carbocycles. The van der Waals surface area contributed by atoms with Crippen LogP contribution in [0.25, 0.3) is 11.5 Å². The molecule has 0 aromatic carbocycles. The Hall–Kier alpha value is -1.55. The summed E-state index contributed by atoms with van der Waals surface area (Å²) in [5.41, 5.74) is 3.04. The summed E-state index contributed by atoms with van der Waals surface area (Å²) in [7, 11) is 0. The van der Waals surface area contributed by atoms with Gasteiger partial charge in [0.15, 0.2) is 5.82 Å². The van der Waals surface area contributed by atoms with E-state index in [2.05, 4.69) is 15.0 Å². The SMILES string of the molecule is Cc1cccc(-c2nc(=S)cc(C3CC3)[nH]2)n1. The normalized spacial score (nSPS) is 14.9. The van der Waals surface area contributed by atoms with E-state index in [0.717, 1.165) is 17.2 Å². The highest BCUT2D eigenvalue weighted by atomic mass is 32.1. The second kappa shape index (κ2) is 4.04. The first-order chi connectivity index (χ1) is 8.22. The maximum absolute atomic E-state index is 5.21. The van der Waals surface area contributed by atoms with Gasteiger partial charge < -0.3 is 4.98 Å². The molecule has 1 aliphatic rings. The van der Waals surface area contributed by atoms with Crippen LogP contribution in [0, 0.1) is 11.6 Å². The fourth-order valence-corrected chi connectivity index (χ4v) is 2.10. The first-order valence-electron chi connectivity index (χ1n) is 5.78. The summed E-state index contributed by atoms with van der Waals surface area (Å²) in [6, 6.07) is 7.88. The molecule has 17 heavy (non-hydrogen) atoms. The third-order valence-electron chi connectivity index (χ3n) is 2.91. The van der Waals surface area contributed by atoms with Gasteiger partial charge in [-0.1, -0.05) is 18.3 Å². The van der Waals surface area contributed by atoms with E-state index in [0.29, 0.717) is 10.6 Å². The first kappa shape index (κ1) is 10.6. The molecule has 0 spiro atoms. The van der Waals surface area contributed by atoms with Crippen molar-refractivity contribution in [2.45, 2.75) is 25.7 Å². The molecule has 0 atom stereocenters. The molecule has 86 valence electrons. The fourth-order valence-electron chi connectivity index (χ4n) is 1.89. The topological polar surface area (TPSA) is 41.6 Å². The van der Waals surface area contributed by atoms with Crippen LogP contribution in [-0.4, -0.2) is 15.0 Å². The number of rotatable bonds is 2. The number of aromatic amines is 1. The van der Waals surface area contributed by atoms with Gasteiger partial charge in [-0.05, 0) is 43.9 Å². The number of aromatic nitrogens is 3. The van der Waals surface area contributed by atoms with Gasteiger partial charge in [0.25, 0.3) is 0 Å². The zero-order chi connectivity index (χ0) is 11.8. The van der Waals surface area contributed by atoms with Crippen LogP contribution in [0.3, 0.4) is 0 Å². The standard InChI is InChI=1S/C13H13N3S/c1-8-3-2-4-10(14-8)13-15-11(9-5-6-9)7-12(17)16-13/h2-4,7,9H,5-6H2,1H3,(H,15,16,17). The summed E-state index contributed by atoms with van der Waals surface area (Å²) >= 11 is 5.21. The number of hydrogen-bond donors (Lipinski definition) is 1. The van der Waals surface area contributed by atoms with Crippen molar-refractivity contribution in [3.05, 3.63) is 40.3 Å². The number of aryl methyl sites for hydroxylation is 1. The Morgan fingerprint density at radius 2 is 2.12 bits per heavy atom. The lowest BCUT2D eigenvalue weighted by Gasteiger charge is -2.05. The smallest absolute Gasteiger partial charge is 0.157 e. The number of nitrogens with one attached hydrogen (secondary N) is 1. The summed E-state index contributed by atoms with van der Waals surface area (Å²) in [6.07, 6.45) is 2.49. The highest BCUT2D eigenvalue weighted by Crippen LogP contribution is 2.39. The Kier molecular flexibility index (Phi) is 2.52. The van der Waals surface area contributed by atoms with Crippen molar-refractivity contribution in [2.24, 2.45) is 0 Å². The van der Waals surface area contributed by atoms with Crippen molar-refractivity contribution < 1.29 is 0 Å². The summed E-state index contributed by atoms with van der Waals surface area (Å²) < 4.78 is 0.643. The predicted molar refractivity (Wildman–Crippen MR) is 69.4 cm³/mol. The summed E-state index contributed by atoms with van der Waals surface area (Å²) in [5, 5.41) is 0. The molecule has 0 aliphatic heterocycles. The Morgan fingerprint density at radius 1 is 1.29 bits per heavy atom. The molecule has 3 nitrogen and oxygen atoms in total. The zero-order valence-electron chi connectivity index (χ0n) is 9.60. The average Bonchev–Trinajstić information content (AvgIpc) is 3.12. The van der Waals surface area contributed by atoms with E-state index in [1.54, 1.807) is 0 Å².